The summed E-state index contributed by atoms with van der Waals surface area (Å²) >= 11 is 0. The van der Waals surface area contributed by atoms with E-state index in [-0.39, 0.29) is 30.1 Å². The van der Waals surface area contributed by atoms with Crippen LogP contribution in [0.25, 0.3) is 55.4 Å². The lowest BCUT2D eigenvalue weighted by molar-refractivity contribution is -0.689. The van der Waals surface area contributed by atoms with Crippen LogP contribution in [0.5, 0.6) is 11.5 Å². The minimum Gasteiger partial charge on any atom is -0.497 e. The van der Waals surface area contributed by atoms with E-state index in [1.54, 1.807) is 50.4 Å². The summed E-state index contributed by atoms with van der Waals surface area (Å²) in [6.07, 6.45) is 5.45. The van der Waals surface area contributed by atoms with Crippen molar-refractivity contribution in [2.45, 2.75) is 13.1 Å². The largest absolute Gasteiger partial charge is 0.497 e. The Balaban J connectivity index is 1.32. The average molecular weight is 721 g/mol. The Morgan fingerprint density at radius 3 is 2.31 bits per heavy atom. The molecule has 0 saturated heterocycles. The highest BCUT2D eigenvalue weighted by atomic mass is 16.5. The third-order valence-corrected chi connectivity index (χ3v) is 10.2. The monoisotopic (exact) mass is 720 g/mol. The lowest BCUT2D eigenvalue weighted by atomic mass is 10.1. The number of fused-ring (bicyclic) bond motifs is 6. The van der Waals surface area contributed by atoms with Crippen LogP contribution in [0.3, 0.4) is 0 Å². The Hall–Kier alpha value is -6.95. The third-order valence-electron chi connectivity index (χ3n) is 10.2. The summed E-state index contributed by atoms with van der Waals surface area (Å²) in [6, 6.07) is 24.6. The van der Waals surface area contributed by atoms with Gasteiger partial charge in [0.1, 0.15) is 29.1 Å². The molecule has 54 heavy (non-hydrogen) atoms. The van der Waals surface area contributed by atoms with E-state index in [1.807, 2.05) is 101 Å². The number of rotatable bonds is 9. The van der Waals surface area contributed by atoms with Crippen molar-refractivity contribution in [2.75, 3.05) is 21.3 Å². The number of aromatic nitrogens is 6. The van der Waals surface area contributed by atoms with E-state index in [0.717, 1.165) is 43.9 Å². The van der Waals surface area contributed by atoms with Crippen molar-refractivity contribution in [2.24, 2.45) is 14.1 Å². The zero-order chi connectivity index (χ0) is 37.8. The van der Waals surface area contributed by atoms with Crippen molar-refractivity contribution in [1.29, 1.82) is 0 Å². The SMILES string of the molecule is C=Cc1ccc2c(c1)c1cnn(Cc3cc(OC)cc(-[n+]4cc5c6ccc(C(=O)NC)cc6n(C)c5c(=O)n4Cc4cccc(OC)c4)c3)c(=O)c1n2C. The van der Waals surface area contributed by atoms with Gasteiger partial charge in [0.2, 0.25) is 11.9 Å². The fourth-order valence-electron chi connectivity index (χ4n) is 7.44. The van der Waals surface area contributed by atoms with Crippen LogP contribution in [-0.4, -0.2) is 50.8 Å². The number of methoxy groups -OCH3 is 2. The first-order valence-corrected chi connectivity index (χ1v) is 17.4. The Labute approximate surface area is 309 Å². The first kappa shape index (κ1) is 34.2. The van der Waals surface area contributed by atoms with Gasteiger partial charge < -0.3 is 23.9 Å². The molecule has 0 radical (unpaired) electrons. The highest BCUT2D eigenvalue weighted by Gasteiger charge is 2.25. The summed E-state index contributed by atoms with van der Waals surface area (Å²) in [7, 11) is 8.49. The normalized spacial score (nSPS) is 11.5. The fraction of sp³-hybridized carbons (Fsp3) is 0.167. The van der Waals surface area contributed by atoms with Crippen molar-refractivity contribution in [3.05, 3.63) is 141 Å². The zero-order valence-corrected chi connectivity index (χ0v) is 30.6. The van der Waals surface area contributed by atoms with Gasteiger partial charge in [0.15, 0.2) is 0 Å². The summed E-state index contributed by atoms with van der Waals surface area (Å²) in [5.41, 5.74) is 5.93. The van der Waals surface area contributed by atoms with Gasteiger partial charge in [-0.2, -0.15) is 5.10 Å². The van der Waals surface area contributed by atoms with Crippen LogP contribution in [0.2, 0.25) is 0 Å². The third kappa shape index (κ3) is 5.50. The molecule has 0 aliphatic heterocycles. The number of carbonyl (C=O) groups excluding carboxylic acids is 1. The molecule has 4 aromatic carbocycles. The van der Waals surface area contributed by atoms with Gasteiger partial charge in [-0.1, -0.05) is 41.6 Å². The van der Waals surface area contributed by atoms with E-state index >= 15 is 0 Å². The van der Waals surface area contributed by atoms with Crippen molar-refractivity contribution in [3.63, 3.8) is 0 Å². The summed E-state index contributed by atoms with van der Waals surface area (Å²) in [5.74, 6) is 0.996. The summed E-state index contributed by atoms with van der Waals surface area (Å²) in [6.45, 7) is 4.26. The molecule has 0 aliphatic carbocycles. The lowest BCUT2D eigenvalue weighted by Gasteiger charge is -2.12. The number of hydrogen-bond acceptors (Lipinski definition) is 6. The number of hydrogen-bond donors (Lipinski definition) is 1. The van der Waals surface area contributed by atoms with E-state index in [1.165, 1.54) is 4.68 Å². The first-order chi connectivity index (χ1) is 26.1. The van der Waals surface area contributed by atoms with Gasteiger partial charge in [0.05, 0.1) is 43.9 Å². The van der Waals surface area contributed by atoms with Crippen LogP contribution in [0.15, 0.2) is 107 Å². The van der Waals surface area contributed by atoms with Crippen LogP contribution >= 0.6 is 0 Å². The van der Waals surface area contributed by atoms with Gasteiger partial charge in [0, 0.05) is 54.4 Å². The number of nitrogens with zero attached hydrogens (tertiary/aromatic N) is 6. The summed E-state index contributed by atoms with van der Waals surface area (Å²) in [4.78, 5) is 41.3. The number of amides is 1. The Kier molecular flexibility index (Phi) is 8.37. The van der Waals surface area contributed by atoms with Gasteiger partial charge in [-0.05, 0) is 59.2 Å². The summed E-state index contributed by atoms with van der Waals surface area (Å²) in [5, 5.41) is 10.5. The molecule has 4 aromatic heterocycles. The molecule has 0 aliphatic rings. The molecule has 0 bridgehead atoms. The minimum atomic E-state index is -0.237. The molecule has 12 heteroatoms. The zero-order valence-electron chi connectivity index (χ0n) is 30.6. The van der Waals surface area contributed by atoms with Gasteiger partial charge in [-0.3, -0.25) is 14.4 Å². The fourth-order valence-corrected chi connectivity index (χ4v) is 7.44. The Morgan fingerprint density at radius 2 is 1.56 bits per heavy atom. The van der Waals surface area contributed by atoms with Gasteiger partial charge in [-0.25, -0.2) is 4.68 Å². The average Bonchev–Trinajstić information content (AvgIpc) is 3.65. The van der Waals surface area contributed by atoms with Crippen LogP contribution in [0, 0.1) is 0 Å². The smallest absolute Gasteiger partial charge is 0.326 e. The summed E-state index contributed by atoms with van der Waals surface area (Å²) < 4.78 is 19.9. The highest BCUT2D eigenvalue weighted by molar-refractivity contribution is 6.10. The molecule has 0 atom stereocenters. The van der Waals surface area contributed by atoms with E-state index in [2.05, 4.69) is 17.0 Å². The molecular weight excluding hydrogens is 683 g/mol. The van der Waals surface area contributed by atoms with Crippen LogP contribution in [0.4, 0.5) is 0 Å². The molecule has 270 valence electrons. The highest BCUT2D eigenvalue weighted by Crippen LogP contribution is 2.29. The van der Waals surface area contributed by atoms with Crippen molar-refractivity contribution < 1.29 is 19.0 Å². The first-order valence-electron chi connectivity index (χ1n) is 17.4. The second-order valence-electron chi connectivity index (χ2n) is 13.3. The molecule has 0 saturated carbocycles. The molecule has 0 unspecified atom stereocenters. The van der Waals surface area contributed by atoms with Crippen LogP contribution in [0.1, 0.15) is 27.0 Å². The number of aryl methyl sites for hydroxylation is 2. The molecule has 1 N–H and O–H groups in total. The molecule has 1 amide bonds. The molecule has 4 heterocycles. The van der Waals surface area contributed by atoms with Gasteiger partial charge in [-0.15, -0.1) is 4.68 Å². The maximum atomic E-state index is 14.7. The quantitative estimate of drug-likeness (QED) is 0.208. The molecule has 0 fully saturated rings. The molecular formula is C42H38N7O5+. The van der Waals surface area contributed by atoms with E-state index in [9.17, 15) is 14.4 Å². The van der Waals surface area contributed by atoms with Gasteiger partial charge >= 0.3 is 5.56 Å². The van der Waals surface area contributed by atoms with Crippen LogP contribution < -0.4 is 30.6 Å². The van der Waals surface area contributed by atoms with E-state index in [0.29, 0.717) is 39.2 Å². The number of nitrogens with one attached hydrogen (secondary N) is 1. The lowest BCUT2D eigenvalue weighted by Crippen LogP contribution is -2.50. The standard InChI is InChI=1S/C42H37N7O5/c1-7-25-11-14-36-33(18-25)34-21-44-47(41(51)38(34)45(36)3)22-27-15-29(20-31(17-27)54-6)48-24-35-32-13-12-28(40(50)43-2)19-37(32)46(4)39(35)42(52)49(48)23-26-9-8-10-30(16-26)53-5/h7-21,24H,1,22-23H2,2-6H3/p+1. The molecule has 8 rings (SSSR count). The van der Waals surface area contributed by atoms with E-state index in [4.69, 9.17) is 9.47 Å². The number of carbonyl (C=O) groups is 1. The number of benzene rings is 4. The minimum absolute atomic E-state index is 0.151. The molecule has 12 nitrogen and oxygen atoms in total. The van der Waals surface area contributed by atoms with Crippen molar-refractivity contribution >= 4 is 55.6 Å². The molecule has 8 aromatic rings. The Morgan fingerprint density at radius 1 is 0.796 bits per heavy atom. The molecule has 0 spiro atoms. The van der Waals surface area contributed by atoms with Gasteiger partial charge in [0.25, 0.3) is 11.5 Å². The Bertz CT molecular complexity index is 2970. The predicted octanol–water partition coefficient (Wildman–Crippen LogP) is 5.09. The second-order valence-corrected chi connectivity index (χ2v) is 13.3. The maximum Gasteiger partial charge on any atom is 0.326 e. The van der Waals surface area contributed by atoms with Crippen molar-refractivity contribution in [3.8, 4) is 17.2 Å². The van der Waals surface area contributed by atoms with Crippen LogP contribution in [-0.2, 0) is 27.2 Å². The van der Waals surface area contributed by atoms with E-state index < -0.39 is 0 Å². The second kappa shape index (κ2) is 13.2. The van der Waals surface area contributed by atoms with Crippen molar-refractivity contribution in [1.82, 2.24) is 28.9 Å². The maximum absolute atomic E-state index is 14.7. The predicted molar refractivity (Wildman–Crippen MR) is 210 cm³/mol. The topological polar surface area (TPSA) is 118 Å². The number of ether oxygens (including phenoxy) is 2.